The monoisotopic (exact) mass is 300 g/mol. The van der Waals surface area contributed by atoms with Crippen LogP contribution in [0.15, 0.2) is 59.5 Å². The Morgan fingerprint density at radius 2 is 1.52 bits per heavy atom. The quantitative estimate of drug-likeness (QED) is 0.629. The average Bonchev–Trinajstić information content (AvgIpc) is 2.53. The minimum Gasteiger partial charge on any atom is -0.368 e. The van der Waals surface area contributed by atoms with Gasteiger partial charge in [-0.1, -0.05) is 30.3 Å². The summed E-state index contributed by atoms with van der Waals surface area (Å²) in [5, 5.41) is 0. The van der Waals surface area contributed by atoms with Crippen LogP contribution >= 0.6 is 11.8 Å². The number of nitrogens with two attached hydrogens (primary N) is 2. The highest BCUT2D eigenvalue weighted by Gasteiger charge is 2.11. The van der Waals surface area contributed by atoms with Crippen LogP contribution in [0.25, 0.3) is 0 Å². The SMILES string of the molecule is NC(=O)[C@@H](N)CSc1ccc(C(=O)c2ccccc2)cc1. The van der Waals surface area contributed by atoms with Gasteiger partial charge in [-0.3, -0.25) is 9.59 Å². The summed E-state index contributed by atoms with van der Waals surface area (Å²) in [7, 11) is 0. The first-order valence-corrected chi connectivity index (χ1v) is 7.44. The molecular weight excluding hydrogens is 284 g/mol. The fraction of sp³-hybridized carbons (Fsp3) is 0.125. The number of carbonyl (C=O) groups is 2. The smallest absolute Gasteiger partial charge is 0.235 e. The third-order valence-electron chi connectivity index (χ3n) is 2.95. The van der Waals surface area contributed by atoms with Crippen LogP contribution in [0, 0.1) is 0 Å². The lowest BCUT2D eigenvalue weighted by Crippen LogP contribution is -2.38. The van der Waals surface area contributed by atoms with Gasteiger partial charge in [-0.05, 0) is 24.3 Å². The fourth-order valence-corrected chi connectivity index (χ4v) is 2.59. The number of primary amides is 1. The number of rotatable bonds is 6. The van der Waals surface area contributed by atoms with Crippen molar-refractivity contribution in [3.8, 4) is 0 Å². The summed E-state index contributed by atoms with van der Waals surface area (Å²) < 4.78 is 0. The highest BCUT2D eigenvalue weighted by molar-refractivity contribution is 7.99. The molecule has 108 valence electrons. The first kappa shape index (κ1) is 15.3. The second kappa shape index (κ2) is 7.06. The van der Waals surface area contributed by atoms with E-state index in [0.29, 0.717) is 16.9 Å². The Morgan fingerprint density at radius 1 is 0.952 bits per heavy atom. The van der Waals surface area contributed by atoms with Gasteiger partial charge in [-0.15, -0.1) is 11.8 Å². The third kappa shape index (κ3) is 4.18. The molecule has 0 radical (unpaired) electrons. The number of hydrogen-bond acceptors (Lipinski definition) is 4. The largest absolute Gasteiger partial charge is 0.368 e. The lowest BCUT2D eigenvalue weighted by atomic mass is 10.0. The molecule has 5 heteroatoms. The molecule has 2 rings (SSSR count). The van der Waals surface area contributed by atoms with Crippen LogP contribution in [-0.4, -0.2) is 23.5 Å². The van der Waals surface area contributed by atoms with Crippen LogP contribution in [0.2, 0.25) is 0 Å². The van der Waals surface area contributed by atoms with Crippen molar-refractivity contribution in [2.24, 2.45) is 11.5 Å². The number of hydrogen-bond donors (Lipinski definition) is 2. The van der Waals surface area contributed by atoms with Crippen LogP contribution in [0.4, 0.5) is 0 Å². The average molecular weight is 300 g/mol. The molecular formula is C16H16N2O2S. The zero-order valence-electron chi connectivity index (χ0n) is 11.4. The Hall–Kier alpha value is -2.11. The molecule has 0 bridgehead atoms. The van der Waals surface area contributed by atoms with Crippen LogP contribution in [-0.2, 0) is 4.79 Å². The minimum absolute atomic E-state index is 0.0130. The maximum Gasteiger partial charge on any atom is 0.235 e. The van der Waals surface area contributed by atoms with Crippen LogP contribution in [0.3, 0.4) is 0 Å². The van der Waals surface area contributed by atoms with Crippen LogP contribution < -0.4 is 11.5 Å². The molecule has 0 aliphatic rings. The number of thioether (sulfide) groups is 1. The topological polar surface area (TPSA) is 86.2 Å². The highest BCUT2D eigenvalue weighted by Crippen LogP contribution is 2.20. The van der Waals surface area contributed by atoms with Gasteiger partial charge in [-0.2, -0.15) is 0 Å². The Kier molecular flexibility index (Phi) is 5.14. The summed E-state index contributed by atoms with van der Waals surface area (Å²) in [5.41, 5.74) is 12.0. The maximum atomic E-state index is 12.2. The van der Waals surface area contributed by atoms with Crippen molar-refractivity contribution in [3.05, 3.63) is 65.7 Å². The fourth-order valence-electron chi connectivity index (χ4n) is 1.73. The van der Waals surface area contributed by atoms with E-state index in [1.54, 1.807) is 24.3 Å². The molecule has 1 atom stereocenters. The van der Waals surface area contributed by atoms with Crippen molar-refractivity contribution in [1.82, 2.24) is 0 Å². The van der Waals surface area contributed by atoms with Crippen LogP contribution in [0.1, 0.15) is 15.9 Å². The summed E-state index contributed by atoms with van der Waals surface area (Å²) >= 11 is 1.44. The molecule has 0 unspecified atom stereocenters. The molecule has 0 fully saturated rings. The molecule has 2 aromatic rings. The second-order valence-corrected chi connectivity index (χ2v) is 5.63. The Bertz CT molecular complexity index is 626. The van der Waals surface area contributed by atoms with Crippen LogP contribution in [0.5, 0.6) is 0 Å². The Balaban J connectivity index is 2.02. The molecule has 0 aliphatic heterocycles. The first-order chi connectivity index (χ1) is 10.1. The molecule has 0 saturated heterocycles. The standard InChI is InChI=1S/C16H16N2O2S/c17-14(16(18)20)10-21-13-8-6-12(7-9-13)15(19)11-4-2-1-3-5-11/h1-9,14H,10,17H2,(H2,18,20)/t14-/m0/s1. The summed E-state index contributed by atoms with van der Waals surface area (Å²) in [5.74, 6) is -0.110. The van der Waals surface area contributed by atoms with E-state index in [2.05, 4.69) is 0 Å². The zero-order valence-corrected chi connectivity index (χ0v) is 12.2. The van der Waals surface area contributed by atoms with Gasteiger partial charge in [-0.25, -0.2) is 0 Å². The lowest BCUT2D eigenvalue weighted by molar-refractivity contribution is -0.118. The predicted octanol–water partition coefficient (Wildman–Crippen LogP) is 1.82. The van der Waals surface area contributed by atoms with E-state index in [0.717, 1.165) is 4.90 Å². The van der Waals surface area contributed by atoms with Crippen molar-refractivity contribution in [1.29, 1.82) is 0 Å². The molecule has 0 spiro atoms. The molecule has 2 aromatic carbocycles. The first-order valence-electron chi connectivity index (χ1n) is 6.45. The van der Waals surface area contributed by atoms with Crippen molar-refractivity contribution < 1.29 is 9.59 Å². The molecule has 4 nitrogen and oxygen atoms in total. The van der Waals surface area contributed by atoms with Gasteiger partial charge in [0.2, 0.25) is 5.91 Å². The maximum absolute atomic E-state index is 12.2. The number of amides is 1. The number of carbonyl (C=O) groups excluding carboxylic acids is 2. The molecule has 0 aliphatic carbocycles. The van der Waals surface area contributed by atoms with Gasteiger partial charge in [0.1, 0.15) is 0 Å². The second-order valence-electron chi connectivity index (χ2n) is 4.54. The van der Waals surface area contributed by atoms with E-state index in [4.69, 9.17) is 11.5 Å². The number of ketones is 1. The van der Waals surface area contributed by atoms with E-state index in [9.17, 15) is 9.59 Å². The van der Waals surface area contributed by atoms with Crippen molar-refractivity contribution in [2.45, 2.75) is 10.9 Å². The summed E-state index contributed by atoms with van der Waals surface area (Å²) in [6, 6.07) is 15.7. The van der Waals surface area contributed by atoms with Crippen molar-refractivity contribution >= 4 is 23.5 Å². The summed E-state index contributed by atoms with van der Waals surface area (Å²) in [4.78, 5) is 24.0. The molecule has 0 saturated carbocycles. The van der Waals surface area contributed by atoms with Crippen molar-refractivity contribution in [2.75, 3.05) is 5.75 Å². The molecule has 0 heterocycles. The third-order valence-corrected chi connectivity index (χ3v) is 4.08. The lowest BCUT2D eigenvalue weighted by Gasteiger charge is -2.07. The van der Waals surface area contributed by atoms with Gasteiger partial charge in [0.05, 0.1) is 6.04 Å². The van der Waals surface area contributed by atoms with E-state index < -0.39 is 11.9 Å². The summed E-state index contributed by atoms with van der Waals surface area (Å²) in [6.45, 7) is 0. The molecule has 21 heavy (non-hydrogen) atoms. The number of benzene rings is 2. The van der Waals surface area contributed by atoms with Crippen molar-refractivity contribution in [3.63, 3.8) is 0 Å². The van der Waals surface area contributed by atoms with Gasteiger partial charge >= 0.3 is 0 Å². The van der Waals surface area contributed by atoms with Gasteiger partial charge < -0.3 is 11.5 Å². The van der Waals surface area contributed by atoms with E-state index in [1.807, 2.05) is 30.3 Å². The van der Waals surface area contributed by atoms with Gasteiger partial charge in [0.15, 0.2) is 5.78 Å². The highest BCUT2D eigenvalue weighted by atomic mass is 32.2. The zero-order chi connectivity index (χ0) is 15.2. The summed E-state index contributed by atoms with van der Waals surface area (Å²) in [6.07, 6.45) is 0. The normalized spacial score (nSPS) is 11.9. The van der Waals surface area contributed by atoms with E-state index in [1.165, 1.54) is 11.8 Å². The Labute approximate surface area is 127 Å². The van der Waals surface area contributed by atoms with E-state index >= 15 is 0 Å². The molecule has 1 amide bonds. The predicted molar refractivity (Wildman–Crippen MR) is 84.2 cm³/mol. The Morgan fingerprint density at radius 3 is 2.10 bits per heavy atom. The van der Waals surface area contributed by atoms with E-state index in [-0.39, 0.29) is 5.78 Å². The van der Waals surface area contributed by atoms with Gasteiger partial charge in [0.25, 0.3) is 0 Å². The van der Waals surface area contributed by atoms with Gasteiger partial charge in [0, 0.05) is 21.8 Å². The molecule has 0 aromatic heterocycles. The minimum atomic E-state index is -0.666. The molecule has 4 N–H and O–H groups in total.